The predicted molar refractivity (Wildman–Crippen MR) is 88.5 cm³/mol. The molecule has 0 amide bonds. The van der Waals surface area contributed by atoms with Crippen LogP contribution in [0.2, 0.25) is 0 Å². The fourth-order valence-electron chi connectivity index (χ4n) is 1.91. The topological polar surface area (TPSA) is 0 Å². The molecule has 0 spiro atoms. The highest BCUT2D eigenvalue weighted by atomic mass is 79.9. The summed E-state index contributed by atoms with van der Waals surface area (Å²) in [7, 11) is 0. The van der Waals surface area contributed by atoms with Crippen LogP contribution >= 0.6 is 15.9 Å². The quantitative estimate of drug-likeness (QED) is 0.199. The molecule has 0 aromatic carbocycles. The first-order valence-corrected chi connectivity index (χ1v) is 8.90. The van der Waals surface area contributed by atoms with Crippen molar-refractivity contribution >= 4 is 15.9 Å². The summed E-state index contributed by atoms with van der Waals surface area (Å²) in [4.78, 5) is 0. The van der Waals surface area contributed by atoms with Crippen LogP contribution in [0.3, 0.4) is 0 Å². The Morgan fingerprint density at radius 2 is 1.22 bits per heavy atom. The van der Waals surface area contributed by atoms with Gasteiger partial charge in [0, 0.05) is 5.33 Å². The third-order valence-electron chi connectivity index (χ3n) is 3.08. The van der Waals surface area contributed by atoms with Crippen LogP contribution in [-0.4, -0.2) is 5.33 Å². The third-order valence-corrected chi connectivity index (χ3v) is 3.64. The summed E-state index contributed by atoms with van der Waals surface area (Å²) >= 11 is 3.47. The van der Waals surface area contributed by atoms with Gasteiger partial charge >= 0.3 is 0 Å². The van der Waals surface area contributed by atoms with E-state index in [9.17, 15) is 0 Å². The van der Waals surface area contributed by atoms with Gasteiger partial charge in [0.25, 0.3) is 0 Å². The molecule has 0 rings (SSSR count). The minimum absolute atomic E-state index is 1.12. The van der Waals surface area contributed by atoms with Crippen LogP contribution < -0.4 is 0 Å². The second kappa shape index (κ2) is 17.0. The standard InChI is InChI=1S/C17H31Br/c1-2-3-4-5-6-7-8-9-10-11-12-13-14-15-16-17-18/h6-7,9-10H,2-5,8,11-17H2,1H3. The van der Waals surface area contributed by atoms with Crippen LogP contribution in [0.1, 0.15) is 77.6 Å². The Hall–Kier alpha value is -0.0400. The molecule has 0 aromatic rings. The zero-order valence-electron chi connectivity index (χ0n) is 12.2. The molecule has 0 fully saturated rings. The molecule has 0 nitrogen and oxygen atoms in total. The first-order chi connectivity index (χ1) is 8.91. The van der Waals surface area contributed by atoms with Crippen molar-refractivity contribution in [3.8, 4) is 0 Å². The molecule has 0 heterocycles. The predicted octanol–water partition coefficient (Wildman–Crippen LogP) is 6.80. The molecule has 1 heteroatoms. The normalized spacial score (nSPS) is 11.9. The summed E-state index contributed by atoms with van der Waals surface area (Å²) in [5, 5.41) is 1.16. The molecule has 106 valence electrons. The van der Waals surface area contributed by atoms with Crippen LogP contribution in [0.15, 0.2) is 24.3 Å². The summed E-state index contributed by atoms with van der Waals surface area (Å²) in [5.41, 5.74) is 0. The van der Waals surface area contributed by atoms with E-state index in [-0.39, 0.29) is 0 Å². The van der Waals surface area contributed by atoms with Crippen molar-refractivity contribution in [2.45, 2.75) is 77.6 Å². The molecule has 0 N–H and O–H groups in total. The van der Waals surface area contributed by atoms with Gasteiger partial charge in [-0.25, -0.2) is 0 Å². The maximum Gasteiger partial charge on any atom is 0.00313 e. The van der Waals surface area contributed by atoms with Gasteiger partial charge in [-0.15, -0.1) is 0 Å². The maximum atomic E-state index is 3.47. The monoisotopic (exact) mass is 314 g/mol. The molecule has 0 atom stereocenters. The Kier molecular flexibility index (Phi) is 16.9. The first-order valence-electron chi connectivity index (χ1n) is 7.77. The van der Waals surface area contributed by atoms with Crippen molar-refractivity contribution in [3.63, 3.8) is 0 Å². The smallest absolute Gasteiger partial charge is 0.00313 e. The molecule has 0 aromatic heterocycles. The molecule has 0 aliphatic carbocycles. The average Bonchev–Trinajstić information content (AvgIpc) is 2.39. The number of hydrogen-bond acceptors (Lipinski definition) is 0. The molecule has 0 saturated heterocycles. The summed E-state index contributed by atoms with van der Waals surface area (Å²) in [6.45, 7) is 2.26. The fraction of sp³-hybridized carbons (Fsp3) is 0.765. The molecule has 0 aliphatic heterocycles. The largest absolute Gasteiger partial charge is 0.0928 e. The van der Waals surface area contributed by atoms with Crippen LogP contribution in [-0.2, 0) is 0 Å². The van der Waals surface area contributed by atoms with E-state index in [2.05, 4.69) is 47.2 Å². The Labute approximate surface area is 123 Å². The average molecular weight is 315 g/mol. The van der Waals surface area contributed by atoms with Gasteiger partial charge < -0.3 is 0 Å². The van der Waals surface area contributed by atoms with Gasteiger partial charge in [0.05, 0.1) is 0 Å². The number of hydrogen-bond donors (Lipinski definition) is 0. The van der Waals surface area contributed by atoms with E-state index in [1.165, 1.54) is 64.2 Å². The molecule has 0 bridgehead atoms. The lowest BCUT2D eigenvalue weighted by molar-refractivity contribution is 0.641. The zero-order chi connectivity index (χ0) is 13.3. The Morgan fingerprint density at radius 3 is 1.83 bits per heavy atom. The van der Waals surface area contributed by atoms with Gasteiger partial charge in [-0.05, 0) is 38.5 Å². The van der Waals surface area contributed by atoms with Gasteiger partial charge in [-0.3, -0.25) is 0 Å². The Bertz CT molecular complexity index is 194. The van der Waals surface area contributed by atoms with Crippen LogP contribution in [0.4, 0.5) is 0 Å². The second-order valence-electron chi connectivity index (χ2n) is 4.92. The van der Waals surface area contributed by atoms with Crippen LogP contribution in [0.5, 0.6) is 0 Å². The van der Waals surface area contributed by atoms with Crippen LogP contribution in [0.25, 0.3) is 0 Å². The molecule has 0 unspecified atom stereocenters. The van der Waals surface area contributed by atoms with Crippen molar-refractivity contribution in [1.29, 1.82) is 0 Å². The zero-order valence-corrected chi connectivity index (χ0v) is 13.8. The number of allylic oxidation sites excluding steroid dienone is 4. The van der Waals surface area contributed by atoms with Gasteiger partial charge in [-0.1, -0.05) is 79.3 Å². The van der Waals surface area contributed by atoms with E-state index in [1.54, 1.807) is 0 Å². The van der Waals surface area contributed by atoms with Gasteiger partial charge in [0.15, 0.2) is 0 Å². The van der Waals surface area contributed by atoms with E-state index < -0.39 is 0 Å². The van der Waals surface area contributed by atoms with Crippen molar-refractivity contribution in [2.24, 2.45) is 0 Å². The summed E-state index contributed by atoms with van der Waals surface area (Å²) in [6, 6.07) is 0. The summed E-state index contributed by atoms with van der Waals surface area (Å²) in [6.07, 6.45) is 23.9. The van der Waals surface area contributed by atoms with Crippen molar-refractivity contribution in [2.75, 3.05) is 5.33 Å². The lowest BCUT2D eigenvalue weighted by Crippen LogP contribution is -1.79. The van der Waals surface area contributed by atoms with Crippen molar-refractivity contribution in [3.05, 3.63) is 24.3 Å². The number of halogens is 1. The fourth-order valence-corrected chi connectivity index (χ4v) is 2.30. The molecule has 0 aliphatic rings. The molecular weight excluding hydrogens is 284 g/mol. The summed E-state index contributed by atoms with van der Waals surface area (Å²) in [5.74, 6) is 0. The minimum atomic E-state index is 1.12. The van der Waals surface area contributed by atoms with Gasteiger partial charge in [0.2, 0.25) is 0 Å². The first kappa shape index (κ1) is 18.0. The lowest BCUT2D eigenvalue weighted by Gasteiger charge is -1.97. The second-order valence-corrected chi connectivity index (χ2v) is 5.71. The summed E-state index contributed by atoms with van der Waals surface area (Å²) < 4.78 is 0. The number of rotatable bonds is 13. The molecule has 0 saturated carbocycles. The maximum absolute atomic E-state index is 3.47. The molecule has 0 radical (unpaired) electrons. The van der Waals surface area contributed by atoms with Gasteiger partial charge in [0.1, 0.15) is 0 Å². The third kappa shape index (κ3) is 16.0. The highest BCUT2D eigenvalue weighted by Gasteiger charge is 1.88. The Balaban J connectivity index is 3.13. The number of alkyl halides is 1. The minimum Gasteiger partial charge on any atom is -0.0928 e. The highest BCUT2D eigenvalue weighted by Crippen LogP contribution is 2.07. The van der Waals surface area contributed by atoms with Gasteiger partial charge in [-0.2, -0.15) is 0 Å². The van der Waals surface area contributed by atoms with E-state index in [0.29, 0.717) is 0 Å². The molecule has 18 heavy (non-hydrogen) atoms. The van der Waals surface area contributed by atoms with Crippen LogP contribution in [0, 0.1) is 0 Å². The lowest BCUT2D eigenvalue weighted by atomic mass is 10.1. The van der Waals surface area contributed by atoms with E-state index in [4.69, 9.17) is 0 Å². The van der Waals surface area contributed by atoms with Crippen molar-refractivity contribution in [1.82, 2.24) is 0 Å². The molecular formula is C17H31Br. The van der Waals surface area contributed by atoms with Crippen molar-refractivity contribution < 1.29 is 0 Å². The van der Waals surface area contributed by atoms with E-state index in [0.717, 1.165) is 11.8 Å². The van der Waals surface area contributed by atoms with E-state index in [1.807, 2.05) is 0 Å². The Morgan fingerprint density at radius 1 is 0.667 bits per heavy atom. The van der Waals surface area contributed by atoms with E-state index >= 15 is 0 Å². The highest BCUT2D eigenvalue weighted by molar-refractivity contribution is 9.09. The SMILES string of the molecule is CCCCCC=CCC=CCCCCCCCBr. The number of unbranched alkanes of at least 4 members (excludes halogenated alkanes) is 8.